The van der Waals surface area contributed by atoms with Crippen molar-refractivity contribution in [2.45, 2.75) is 51.7 Å². The number of amides is 6. The fourth-order valence-electron chi connectivity index (χ4n) is 7.60. The number of carbonyl (C=O) groups excluding carboxylic acids is 6. The minimum absolute atomic E-state index is 0. The van der Waals surface area contributed by atoms with Crippen molar-refractivity contribution in [1.82, 2.24) is 72.0 Å². The number of nitrogens with two attached hydrogens (primary N) is 1. The van der Waals surface area contributed by atoms with Crippen LogP contribution in [0.15, 0.2) is 172 Å². The number of rotatable bonds is 30. The van der Waals surface area contributed by atoms with Crippen LogP contribution in [-0.4, -0.2) is 138 Å². The van der Waals surface area contributed by atoms with Crippen molar-refractivity contribution >= 4 is 103 Å². The molecular weight excluding hydrogens is 1570 g/mol. The number of halogens is 2. The number of benzene rings is 3. The van der Waals surface area contributed by atoms with E-state index in [0.29, 0.717) is 75.8 Å². The van der Waals surface area contributed by atoms with Gasteiger partial charge in [-0.15, -0.1) is 24.8 Å². The van der Waals surface area contributed by atoms with E-state index in [2.05, 4.69) is 103 Å². The molecule has 10 N–H and O–H groups in total. The Bertz CT molecular complexity index is 3890. The van der Waals surface area contributed by atoms with Crippen molar-refractivity contribution in [1.29, 1.82) is 1.34 Å². The molecule has 0 bridgehead atoms. The van der Waals surface area contributed by atoms with E-state index < -0.39 is 38.4 Å². The Balaban J connectivity index is 0.000000471. The van der Waals surface area contributed by atoms with Crippen LogP contribution in [0.5, 0.6) is 0 Å². The predicted octanol–water partition coefficient (Wildman–Crippen LogP) is 4.74. The first-order valence-corrected chi connectivity index (χ1v) is 28.9. The van der Waals surface area contributed by atoms with Crippen molar-refractivity contribution in [2.75, 3.05) is 48.7 Å². The van der Waals surface area contributed by atoms with Gasteiger partial charge in [0.15, 0.2) is 0 Å². The Hall–Kier alpha value is -11.1. The Morgan fingerprint density at radius 1 is 0.480 bits per heavy atom. The largest absolute Gasteiger partial charge is 0.344 e. The van der Waals surface area contributed by atoms with Gasteiger partial charge in [0, 0.05) is 141 Å². The van der Waals surface area contributed by atoms with Crippen LogP contribution < -0.4 is 48.3 Å². The van der Waals surface area contributed by atoms with E-state index in [1.807, 2.05) is 30.3 Å². The molecule has 0 spiro atoms. The summed E-state index contributed by atoms with van der Waals surface area (Å²) in [5.74, 6) is -1.71. The van der Waals surface area contributed by atoms with Gasteiger partial charge in [0.1, 0.15) is 17.1 Å². The number of anilines is 3. The molecule has 0 aliphatic rings. The monoisotopic (exact) mass is 1640 g/mol. The van der Waals surface area contributed by atoms with Crippen molar-refractivity contribution in [3.8, 4) is 0 Å². The Labute approximate surface area is 608 Å². The zero-order valence-electron chi connectivity index (χ0n) is 53.8. The number of pyridine rings is 3. The normalized spacial score (nSPS) is 9.91. The summed E-state index contributed by atoms with van der Waals surface area (Å²) in [6, 6.07) is 34.0. The third kappa shape index (κ3) is 30.5. The summed E-state index contributed by atoms with van der Waals surface area (Å²) in [6.07, 6.45) is 7.42. The zero-order chi connectivity index (χ0) is 70.9. The van der Waals surface area contributed by atoms with Crippen LogP contribution in [0.25, 0.3) is 0 Å². The van der Waals surface area contributed by atoms with Crippen LogP contribution in [-0.2, 0) is 53.3 Å². The Kier molecular flexibility index (Phi) is 39.0. The van der Waals surface area contributed by atoms with E-state index >= 15 is 0 Å². The molecule has 2 radical (unpaired) electrons. The van der Waals surface area contributed by atoms with E-state index in [-0.39, 0.29) is 157 Å². The standard InChI is InChI=1S/2C20H21N7O5.C11H13N5O2.C9H8N2O3.BH.2ClH.U/c2*28-17(24-15-6-1-2-7-16(15)27(30)31)8-11-21-12-9-18-25-19(26-32-18)20(29)23-13-14-5-3-4-10-22-14;12-5-4-9-15-10(16-18-9)11(17)14-7-8-3-1-2-6-13-8;1-2-9(12)10-7-5-3-4-6-8(7)11(13)14;;;;/h2*1-7,10,21H,8-9,11-13H2,(H,23,29)(H,24,28);1-3,6H,4-5,7,12H2,(H,14,17);2-6H,1H2,(H,10,12);3*1H;/i;;;;1D;;;. The van der Waals surface area contributed by atoms with E-state index in [1.165, 1.54) is 54.6 Å². The number of para-hydroxylation sites is 6. The van der Waals surface area contributed by atoms with Gasteiger partial charge in [0.2, 0.25) is 35.4 Å². The third-order valence-electron chi connectivity index (χ3n) is 12.2. The van der Waals surface area contributed by atoms with Crippen molar-refractivity contribution < 1.29 is 88.2 Å². The molecule has 0 atom stereocenters. The van der Waals surface area contributed by atoms with Gasteiger partial charge in [0.05, 0.1) is 51.5 Å². The topological polar surface area (TPSA) is 510 Å². The van der Waals surface area contributed by atoms with Crippen LogP contribution in [0.4, 0.5) is 34.1 Å². The SMILES string of the molecule is C=CC(=O)Nc1ccccc1[N+](=O)[O-].Cl.Cl.NCCc1nc(C(=O)NCc2ccccn2)no1.O=C(CCNCCc1nc(C(=O)NCc2ccccn2)no1)Nc1ccccc1[N+](=O)[O-].O=C(CCNCCc1nc(C(=O)NCc2ccccn2)no1)Nc1ccccc1[N+](=O)[O-].[2H][B].[U]. The third-order valence-corrected chi connectivity index (χ3v) is 12.2. The molecule has 3 aromatic carbocycles. The van der Waals surface area contributed by atoms with Gasteiger partial charge in [-0.3, -0.25) is 74.1 Å². The number of nitro groups is 3. The van der Waals surface area contributed by atoms with Gasteiger partial charge < -0.3 is 61.8 Å². The quantitative estimate of drug-likeness (QED) is 0.00965. The molecule has 40 heteroatoms. The number of carbonyl (C=O) groups is 6. The molecule has 9 aromatic rings. The first kappa shape index (κ1) is 83.1. The summed E-state index contributed by atoms with van der Waals surface area (Å²) in [5.41, 5.74) is 7.54. The first-order valence-electron chi connectivity index (χ1n) is 29.4. The van der Waals surface area contributed by atoms with Gasteiger partial charge in [0.25, 0.3) is 52.3 Å². The molecule has 0 saturated carbocycles. The number of nitro benzene ring substituents is 3. The molecule has 0 aliphatic heterocycles. The number of aromatic nitrogens is 9. The second-order valence-electron chi connectivity index (χ2n) is 19.2. The maximum Gasteiger partial charge on any atom is 0.293 e. The van der Waals surface area contributed by atoms with Crippen LogP contribution in [0.2, 0.25) is 0 Å². The fraction of sp³-hybridized carbons (Fsp3) is 0.217. The summed E-state index contributed by atoms with van der Waals surface area (Å²) in [7, 11) is 3.75. The van der Waals surface area contributed by atoms with E-state index in [0.717, 1.165) is 11.8 Å². The first-order chi connectivity index (χ1) is 47.5. The Morgan fingerprint density at radius 2 is 0.790 bits per heavy atom. The van der Waals surface area contributed by atoms with Crippen LogP contribution >= 0.6 is 24.8 Å². The van der Waals surface area contributed by atoms with Crippen LogP contribution in [0.1, 0.15) is 79.5 Å². The predicted molar refractivity (Wildman–Crippen MR) is 361 cm³/mol. The minimum Gasteiger partial charge on any atom is -0.344 e. The van der Waals surface area contributed by atoms with Gasteiger partial charge >= 0.3 is 0 Å². The molecule has 522 valence electrons. The second kappa shape index (κ2) is 46.9. The average Bonchev–Trinajstić information content (AvgIpc) is 1.35. The van der Waals surface area contributed by atoms with E-state index in [4.69, 9.17) is 20.6 Å². The van der Waals surface area contributed by atoms with Crippen LogP contribution in [0, 0.1) is 61.5 Å². The number of nitrogens with zero attached hydrogens (tertiary/aromatic N) is 12. The molecular formula is C60H66BCl2N21O15U. The maximum atomic E-state index is 12.1. The fourth-order valence-corrected chi connectivity index (χ4v) is 7.60. The molecule has 0 saturated heterocycles. The Morgan fingerprint density at radius 3 is 1.09 bits per heavy atom. The molecule has 100 heavy (non-hydrogen) atoms. The molecule has 0 unspecified atom stereocenters. The molecule has 0 aliphatic carbocycles. The van der Waals surface area contributed by atoms with Gasteiger partial charge in [-0.25, -0.2) is 0 Å². The number of hydrogen-bond acceptors (Lipinski definition) is 27. The van der Waals surface area contributed by atoms with Gasteiger partial charge in [-0.1, -0.05) is 76.6 Å². The molecule has 6 amide bonds. The zero-order valence-corrected chi connectivity index (χ0v) is 58.6. The van der Waals surface area contributed by atoms with Gasteiger partial charge in [-0.2, -0.15) is 15.0 Å². The molecule has 9 rings (SSSR count). The smallest absolute Gasteiger partial charge is 0.293 e. The van der Waals surface area contributed by atoms with Crippen LogP contribution in [0.3, 0.4) is 0 Å². The second-order valence-corrected chi connectivity index (χ2v) is 19.2. The van der Waals surface area contributed by atoms with E-state index in [1.54, 1.807) is 61.1 Å². The number of hydrogen-bond donors (Lipinski definition) is 9. The van der Waals surface area contributed by atoms with Gasteiger partial charge in [-0.05, 0) is 62.0 Å². The van der Waals surface area contributed by atoms with E-state index in [9.17, 15) is 59.1 Å². The average molecular weight is 1640 g/mol. The van der Waals surface area contributed by atoms with Crippen molar-refractivity contribution in [2.24, 2.45) is 5.73 Å². The van der Waals surface area contributed by atoms with Crippen molar-refractivity contribution in [3.63, 3.8) is 0 Å². The summed E-state index contributed by atoms with van der Waals surface area (Å²) in [4.78, 5) is 126. The van der Waals surface area contributed by atoms with Crippen molar-refractivity contribution in [3.05, 3.63) is 241 Å². The number of nitrogens with one attached hydrogen (secondary N) is 8. The minimum atomic E-state index is -0.557. The summed E-state index contributed by atoms with van der Waals surface area (Å²) in [5, 5.41) is 64.8. The molecule has 6 aromatic heterocycles. The summed E-state index contributed by atoms with van der Waals surface area (Å²) < 4.78 is 20.2. The molecule has 6 heterocycles. The summed E-state index contributed by atoms with van der Waals surface area (Å²) in [6.45, 7) is 6.04. The molecule has 0 fully saturated rings. The summed E-state index contributed by atoms with van der Waals surface area (Å²) >= 11 is 0. The molecule has 36 nitrogen and oxygen atoms in total. The maximum absolute atomic E-state index is 12.1.